The van der Waals surface area contributed by atoms with Crippen LogP contribution < -0.4 is 9.62 Å². The summed E-state index contributed by atoms with van der Waals surface area (Å²) in [5.41, 5.74) is 2.63. The molecule has 1 aromatic carbocycles. The second kappa shape index (κ2) is 7.17. The lowest BCUT2D eigenvalue weighted by Crippen LogP contribution is -2.35. The number of piperidine rings is 1. The fraction of sp³-hybridized carbons (Fsp3) is 0.500. The summed E-state index contributed by atoms with van der Waals surface area (Å²) in [7, 11) is -1.86. The highest BCUT2D eigenvalue weighted by molar-refractivity contribution is 7.89. The lowest BCUT2D eigenvalue weighted by Gasteiger charge is -2.34. The molecule has 0 unspecified atom stereocenters. The zero-order valence-corrected chi connectivity index (χ0v) is 15.9. The van der Waals surface area contributed by atoms with E-state index in [1.807, 2.05) is 18.2 Å². The number of anilines is 1. The van der Waals surface area contributed by atoms with Crippen molar-refractivity contribution >= 4 is 15.7 Å². The fourth-order valence-corrected chi connectivity index (χ4v) is 4.69. The van der Waals surface area contributed by atoms with E-state index in [-0.39, 0.29) is 11.4 Å². The van der Waals surface area contributed by atoms with Crippen molar-refractivity contribution in [1.82, 2.24) is 14.5 Å². The first-order chi connectivity index (χ1) is 11.9. The van der Waals surface area contributed by atoms with Crippen LogP contribution in [0.3, 0.4) is 0 Å². The number of nitrogens with zero attached hydrogens (tertiary/aromatic N) is 3. The monoisotopic (exact) mass is 362 g/mol. The number of rotatable bonds is 5. The van der Waals surface area contributed by atoms with Gasteiger partial charge in [0.2, 0.25) is 10.0 Å². The zero-order valence-electron chi connectivity index (χ0n) is 15.1. The van der Waals surface area contributed by atoms with Gasteiger partial charge in [-0.2, -0.15) is 5.10 Å². The van der Waals surface area contributed by atoms with Crippen molar-refractivity contribution in [2.24, 2.45) is 13.0 Å². The molecule has 136 valence electrons. The third-order valence-electron chi connectivity index (χ3n) is 4.70. The Morgan fingerprint density at radius 2 is 2.08 bits per heavy atom. The Balaban J connectivity index is 1.78. The maximum atomic E-state index is 12.6. The lowest BCUT2D eigenvalue weighted by molar-refractivity contribution is 0.446. The van der Waals surface area contributed by atoms with Crippen molar-refractivity contribution < 1.29 is 8.42 Å². The second-order valence-electron chi connectivity index (χ2n) is 6.90. The van der Waals surface area contributed by atoms with Gasteiger partial charge in [0, 0.05) is 38.6 Å². The molecule has 1 N–H and O–H groups in total. The molecule has 6 nitrogen and oxygen atoms in total. The van der Waals surface area contributed by atoms with Gasteiger partial charge in [0.1, 0.15) is 4.90 Å². The van der Waals surface area contributed by atoms with Gasteiger partial charge < -0.3 is 4.90 Å². The highest BCUT2D eigenvalue weighted by atomic mass is 32.2. The van der Waals surface area contributed by atoms with Crippen LogP contribution in [0.4, 0.5) is 5.69 Å². The van der Waals surface area contributed by atoms with Crippen LogP contribution in [0.25, 0.3) is 0 Å². The highest BCUT2D eigenvalue weighted by Gasteiger charge is 2.22. The van der Waals surface area contributed by atoms with E-state index in [1.165, 1.54) is 23.7 Å². The summed E-state index contributed by atoms with van der Waals surface area (Å²) >= 11 is 0. The average Bonchev–Trinajstić information content (AvgIpc) is 2.93. The summed E-state index contributed by atoms with van der Waals surface area (Å²) in [6.45, 7) is 6.29. The van der Waals surface area contributed by atoms with Crippen LogP contribution in [0.2, 0.25) is 0 Å². The number of hydrogen-bond donors (Lipinski definition) is 1. The minimum Gasteiger partial charge on any atom is -0.371 e. The first-order valence-corrected chi connectivity index (χ1v) is 10.2. The van der Waals surface area contributed by atoms with Gasteiger partial charge in [-0.1, -0.05) is 25.1 Å². The molecule has 1 saturated heterocycles. The van der Waals surface area contributed by atoms with E-state index in [9.17, 15) is 8.42 Å². The van der Waals surface area contributed by atoms with Crippen LogP contribution in [0.15, 0.2) is 35.4 Å². The Bertz CT molecular complexity index is 845. The van der Waals surface area contributed by atoms with Crippen molar-refractivity contribution in [1.29, 1.82) is 0 Å². The smallest absolute Gasteiger partial charge is 0.244 e. The molecule has 3 rings (SSSR count). The van der Waals surface area contributed by atoms with Gasteiger partial charge in [0.25, 0.3) is 0 Å². The molecule has 0 aliphatic carbocycles. The summed E-state index contributed by atoms with van der Waals surface area (Å²) in [5.74, 6) is 0.663. The minimum absolute atomic E-state index is 0.235. The standard InChI is InChI=1S/C18H26N4O2S/c1-14-7-6-10-22(12-14)17-9-5-4-8-16(17)11-19-25(23,24)18-13-21(3)20-15(18)2/h4-5,8-9,13-14,19H,6-7,10-12H2,1-3H3/t14-/m0/s1. The first kappa shape index (κ1) is 17.9. The third-order valence-corrected chi connectivity index (χ3v) is 6.20. The molecule has 0 radical (unpaired) electrons. The van der Waals surface area contributed by atoms with Crippen molar-refractivity contribution in [3.05, 3.63) is 41.7 Å². The van der Waals surface area contributed by atoms with Crippen LogP contribution >= 0.6 is 0 Å². The molecular formula is C18H26N4O2S. The fourth-order valence-electron chi connectivity index (χ4n) is 3.47. The Morgan fingerprint density at radius 3 is 2.76 bits per heavy atom. The normalized spacial score (nSPS) is 18.5. The van der Waals surface area contributed by atoms with Crippen molar-refractivity contribution in [3.8, 4) is 0 Å². The van der Waals surface area contributed by atoms with E-state index < -0.39 is 10.0 Å². The predicted octanol–water partition coefficient (Wildman–Crippen LogP) is 2.44. The van der Waals surface area contributed by atoms with Crippen LogP contribution in [-0.2, 0) is 23.6 Å². The van der Waals surface area contributed by atoms with Gasteiger partial charge in [-0.15, -0.1) is 0 Å². The van der Waals surface area contributed by atoms with Crippen LogP contribution in [-0.4, -0.2) is 31.3 Å². The number of aryl methyl sites for hydroxylation is 2. The second-order valence-corrected chi connectivity index (χ2v) is 8.63. The molecule has 0 spiro atoms. The molecule has 2 aromatic rings. The summed E-state index contributed by atoms with van der Waals surface area (Å²) < 4.78 is 29.5. The molecule has 0 saturated carbocycles. The Labute approximate surface area is 149 Å². The average molecular weight is 362 g/mol. The van der Waals surface area contributed by atoms with Gasteiger partial charge in [0.15, 0.2) is 0 Å². The van der Waals surface area contributed by atoms with Crippen molar-refractivity contribution in [2.45, 2.75) is 38.1 Å². The molecule has 7 heteroatoms. The molecule has 25 heavy (non-hydrogen) atoms. The number of aromatic nitrogens is 2. The maximum Gasteiger partial charge on any atom is 0.244 e. The molecule has 1 atom stereocenters. The molecule has 1 fully saturated rings. The van der Waals surface area contributed by atoms with Crippen LogP contribution in [0, 0.1) is 12.8 Å². The van der Waals surface area contributed by atoms with E-state index >= 15 is 0 Å². The van der Waals surface area contributed by atoms with E-state index in [0.29, 0.717) is 11.6 Å². The van der Waals surface area contributed by atoms with Gasteiger partial charge >= 0.3 is 0 Å². The topological polar surface area (TPSA) is 67.2 Å². The molecule has 1 aliphatic heterocycles. The van der Waals surface area contributed by atoms with Gasteiger partial charge in [-0.25, -0.2) is 13.1 Å². The number of nitrogens with one attached hydrogen (secondary N) is 1. The summed E-state index contributed by atoms with van der Waals surface area (Å²) in [4.78, 5) is 2.60. The minimum atomic E-state index is -3.58. The number of para-hydroxylation sites is 1. The van der Waals surface area contributed by atoms with Crippen LogP contribution in [0.1, 0.15) is 31.0 Å². The number of hydrogen-bond acceptors (Lipinski definition) is 4. The van der Waals surface area contributed by atoms with E-state index in [1.54, 1.807) is 14.0 Å². The van der Waals surface area contributed by atoms with E-state index in [4.69, 9.17) is 0 Å². The summed E-state index contributed by atoms with van der Waals surface area (Å²) in [5, 5.41) is 4.12. The quantitative estimate of drug-likeness (QED) is 0.887. The predicted molar refractivity (Wildman–Crippen MR) is 99.0 cm³/mol. The lowest BCUT2D eigenvalue weighted by atomic mass is 9.99. The van der Waals surface area contributed by atoms with Gasteiger partial charge in [-0.05, 0) is 37.3 Å². The molecule has 0 amide bonds. The zero-order chi connectivity index (χ0) is 18.0. The molecular weight excluding hydrogens is 336 g/mol. The SMILES string of the molecule is Cc1nn(C)cc1S(=O)(=O)NCc1ccccc1N1CCC[C@H](C)C1. The molecule has 1 aromatic heterocycles. The van der Waals surface area contributed by atoms with E-state index in [0.717, 1.165) is 24.3 Å². The Morgan fingerprint density at radius 1 is 1.32 bits per heavy atom. The van der Waals surface area contributed by atoms with Gasteiger partial charge in [0.05, 0.1) is 5.69 Å². The van der Waals surface area contributed by atoms with Crippen LogP contribution in [0.5, 0.6) is 0 Å². The number of sulfonamides is 1. The Hall–Kier alpha value is -1.86. The first-order valence-electron chi connectivity index (χ1n) is 8.69. The van der Waals surface area contributed by atoms with Gasteiger partial charge in [-0.3, -0.25) is 4.68 Å². The molecule has 2 heterocycles. The third kappa shape index (κ3) is 4.04. The summed E-state index contributed by atoms with van der Waals surface area (Å²) in [6, 6.07) is 8.04. The molecule has 1 aliphatic rings. The number of benzene rings is 1. The maximum absolute atomic E-state index is 12.6. The summed E-state index contributed by atoms with van der Waals surface area (Å²) in [6.07, 6.45) is 3.97. The largest absolute Gasteiger partial charge is 0.371 e. The Kier molecular flexibility index (Phi) is 5.15. The van der Waals surface area contributed by atoms with E-state index in [2.05, 4.69) is 27.7 Å². The molecule has 0 bridgehead atoms. The highest BCUT2D eigenvalue weighted by Crippen LogP contribution is 2.26. The van der Waals surface area contributed by atoms with Crippen molar-refractivity contribution in [2.75, 3.05) is 18.0 Å². The van der Waals surface area contributed by atoms with Crippen molar-refractivity contribution in [3.63, 3.8) is 0 Å².